The fraction of sp³-hybridized carbons (Fsp3) is 0.571. The minimum absolute atomic E-state index is 0.329. The van der Waals surface area contributed by atoms with Crippen LogP contribution < -0.4 is 0 Å². The summed E-state index contributed by atoms with van der Waals surface area (Å²) in [5, 5.41) is 0. The summed E-state index contributed by atoms with van der Waals surface area (Å²) in [6.07, 6.45) is 0.699. The SMILES string of the molecule is CCc1ccc(CCl)cc1S(=O)(=O)N1CCN(C)CC1. The standard InChI is InChI=1S/C14H21ClN2O2S/c1-3-13-5-4-12(11-15)10-14(13)20(18,19)17-8-6-16(2)7-9-17/h4-5,10H,3,6-9,11H2,1-2H3. The molecule has 1 aliphatic heterocycles. The second kappa shape index (κ2) is 6.43. The molecule has 6 heteroatoms. The van der Waals surface area contributed by atoms with Crippen LogP contribution in [0.25, 0.3) is 0 Å². The molecule has 0 unspecified atom stereocenters. The van der Waals surface area contributed by atoms with Crippen LogP contribution in [0.4, 0.5) is 0 Å². The number of rotatable bonds is 4. The molecule has 1 aromatic rings. The van der Waals surface area contributed by atoms with Crippen molar-refractivity contribution in [3.05, 3.63) is 29.3 Å². The Morgan fingerprint density at radius 2 is 1.85 bits per heavy atom. The molecule has 0 aromatic heterocycles. The molecule has 0 amide bonds. The minimum Gasteiger partial charge on any atom is -0.304 e. The van der Waals surface area contributed by atoms with E-state index in [0.717, 1.165) is 24.2 Å². The second-order valence-electron chi connectivity index (χ2n) is 5.14. The highest BCUT2D eigenvalue weighted by molar-refractivity contribution is 7.89. The molecule has 0 radical (unpaired) electrons. The van der Waals surface area contributed by atoms with Gasteiger partial charge < -0.3 is 4.90 Å². The highest BCUT2D eigenvalue weighted by Crippen LogP contribution is 2.24. The van der Waals surface area contributed by atoms with Crippen LogP contribution in [0.5, 0.6) is 0 Å². The molecule has 0 spiro atoms. The number of sulfonamides is 1. The van der Waals surface area contributed by atoms with Crippen molar-refractivity contribution < 1.29 is 8.42 Å². The van der Waals surface area contributed by atoms with Crippen molar-refractivity contribution in [2.75, 3.05) is 33.2 Å². The van der Waals surface area contributed by atoms with Crippen molar-refractivity contribution in [3.8, 4) is 0 Å². The van der Waals surface area contributed by atoms with Gasteiger partial charge in [-0.2, -0.15) is 4.31 Å². The van der Waals surface area contributed by atoms with E-state index in [2.05, 4.69) is 4.90 Å². The van der Waals surface area contributed by atoms with Crippen molar-refractivity contribution in [2.45, 2.75) is 24.1 Å². The molecule has 2 rings (SSSR count). The third-order valence-corrected chi connectivity index (χ3v) is 6.04. The van der Waals surface area contributed by atoms with Gasteiger partial charge in [-0.3, -0.25) is 0 Å². The van der Waals surface area contributed by atoms with E-state index in [1.807, 2.05) is 26.1 Å². The molecule has 0 aliphatic carbocycles. The summed E-state index contributed by atoms with van der Waals surface area (Å²) in [7, 11) is -1.40. The molecule has 1 aliphatic rings. The zero-order chi connectivity index (χ0) is 14.8. The van der Waals surface area contributed by atoms with Gasteiger partial charge in [0.05, 0.1) is 4.90 Å². The first-order valence-electron chi connectivity index (χ1n) is 6.85. The molecule has 1 saturated heterocycles. The molecular formula is C14H21ClN2O2S. The van der Waals surface area contributed by atoms with Gasteiger partial charge in [0.15, 0.2) is 0 Å². The Kier molecular flexibility index (Phi) is 5.07. The van der Waals surface area contributed by atoms with E-state index < -0.39 is 10.0 Å². The van der Waals surface area contributed by atoms with Gasteiger partial charge in [0, 0.05) is 32.1 Å². The number of nitrogens with zero attached hydrogens (tertiary/aromatic N) is 2. The number of aryl methyl sites for hydroxylation is 1. The normalized spacial score (nSPS) is 18.4. The topological polar surface area (TPSA) is 40.6 Å². The van der Waals surface area contributed by atoms with Crippen molar-refractivity contribution in [3.63, 3.8) is 0 Å². The predicted molar refractivity (Wildman–Crippen MR) is 81.6 cm³/mol. The lowest BCUT2D eigenvalue weighted by Gasteiger charge is -2.32. The predicted octanol–water partition coefficient (Wildman–Crippen LogP) is 1.92. The van der Waals surface area contributed by atoms with Gasteiger partial charge in [-0.05, 0) is 30.7 Å². The molecule has 1 fully saturated rings. The summed E-state index contributed by atoms with van der Waals surface area (Å²) in [5.74, 6) is 0.329. The van der Waals surface area contributed by atoms with Crippen LogP contribution in [0, 0.1) is 0 Å². The lowest BCUT2D eigenvalue weighted by molar-refractivity contribution is 0.222. The van der Waals surface area contributed by atoms with Crippen molar-refractivity contribution in [1.82, 2.24) is 9.21 Å². The van der Waals surface area contributed by atoms with E-state index in [-0.39, 0.29) is 0 Å². The molecule has 0 N–H and O–H groups in total. The maximum Gasteiger partial charge on any atom is 0.243 e. The van der Waals surface area contributed by atoms with Crippen LogP contribution in [0.2, 0.25) is 0 Å². The first-order chi connectivity index (χ1) is 9.48. The monoisotopic (exact) mass is 316 g/mol. The Morgan fingerprint density at radius 3 is 2.40 bits per heavy atom. The number of alkyl halides is 1. The summed E-state index contributed by atoms with van der Waals surface area (Å²) in [6, 6.07) is 5.50. The lowest BCUT2D eigenvalue weighted by Crippen LogP contribution is -2.47. The Labute approximate surface area is 126 Å². The van der Waals surface area contributed by atoms with Crippen LogP contribution >= 0.6 is 11.6 Å². The molecule has 112 valence electrons. The molecule has 0 atom stereocenters. The van der Waals surface area contributed by atoms with Crippen molar-refractivity contribution >= 4 is 21.6 Å². The quantitative estimate of drug-likeness (QED) is 0.797. The number of benzene rings is 1. The Hall–Kier alpha value is -0.620. The first-order valence-corrected chi connectivity index (χ1v) is 8.83. The fourth-order valence-electron chi connectivity index (χ4n) is 2.38. The zero-order valence-electron chi connectivity index (χ0n) is 12.0. The second-order valence-corrected chi connectivity index (χ2v) is 7.31. The van der Waals surface area contributed by atoms with Crippen molar-refractivity contribution in [2.24, 2.45) is 0 Å². The zero-order valence-corrected chi connectivity index (χ0v) is 13.5. The van der Waals surface area contributed by atoms with E-state index in [0.29, 0.717) is 30.3 Å². The van der Waals surface area contributed by atoms with Crippen LogP contribution in [-0.2, 0) is 22.3 Å². The van der Waals surface area contributed by atoms with E-state index in [1.54, 1.807) is 10.4 Å². The summed E-state index contributed by atoms with van der Waals surface area (Å²) in [6.45, 7) is 4.62. The molecule has 1 aromatic carbocycles. The molecular weight excluding hydrogens is 296 g/mol. The van der Waals surface area contributed by atoms with Crippen LogP contribution in [0.1, 0.15) is 18.1 Å². The van der Waals surface area contributed by atoms with Gasteiger partial charge in [-0.15, -0.1) is 11.6 Å². The van der Waals surface area contributed by atoms with Crippen LogP contribution in [-0.4, -0.2) is 50.8 Å². The van der Waals surface area contributed by atoms with E-state index in [9.17, 15) is 8.42 Å². The molecule has 1 heterocycles. The number of hydrogen-bond acceptors (Lipinski definition) is 3. The average Bonchev–Trinajstić information content (AvgIpc) is 2.47. The summed E-state index contributed by atoms with van der Waals surface area (Å²) >= 11 is 5.83. The highest BCUT2D eigenvalue weighted by Gasteiger charge is 2.29. The fourth-order valence-corrected chi connectivity index (χ4v) is 4.31. The lowest BCUT2D eigenvalue weighted by atomic mass is 10.1. The molecule has 4 nitrogen and oxygen atoms in total. The van der Waals surface area contributed by atoms with Gasteiger partial charge in [0.2, 0.25) is 10.0 Å². The summed E-state index contributed by atoms with van der Waals surface area (Å²) in [5.41, 5.74) is 1.70. The number of piperazine rings is 1. The van der Waals surface area contributed by atoms with Gasteiger partial charge in [0.1, 0.15) is 0 Å². The number of likely N-dealkylation sites (N-methyl/N-ethyl adjacent to an activating group) is 1. The number of halogens is 1. The Balaban J connectivity index is 2.37. The van der Waals surface area contributed by atoms with Crippen molar-refractivity contribution in [1.29, 1.82) is 0 Å². The Bertz CT molecular complexity index is 567. The van der Waals surface area contributed by atoms with Gasteiger partial charge in [-0.25, -0.2) is 8.42 Å². The van der Waals surface area contributed by atoms with Crippen LogP contribution in [0.3, 0.4) is 0 Å². The van der Waals surface area contributed by atoms with E-state index in [1.165, 1.54) is 0 Å². The average molecular weight is 317 g/mol. The largest absolute Gasteiger partial charge is 0.304 e. The van der Waals surface area contributed by atoms with E-state index >= 15 is 0 Å². The smallest absolute Gasteiger partial charge is 0.243 e. The Morgan fingerprint density at radius 1 is 1.20 bits per heavy atom. The van der Waals surface area contributed by atoms with Gasteiger partial charge >= 0.3 is 0 Å². The summed E-state index contributed by atoms with van der Waals surface area (Å²) < 4.78 is 27.2. The molecule has 20 heavy (non-hydrogen) atoms. The first kappa shape index (κ1) is 15.8. The highest BCUT2D eigenvalue weighted by atomic mass is 35.5. The summed E-state index contributed by atoms with van der Waals surface area (Å²) in [4.78, 5) is 2.56. The van der Waals surface area contributed by atoms with E-state index in [4.69, 9.17) is 11.6 Å². The maximum absolute atomic E-state index is 12.8. The van der Waals surface area contributed by atoms with Gasteiger partial charge in [0.25, 0.3) is 0 Å². The minimum atomic E-state index is -3.41. The van der Waals surface area contributed by atoms with Crippen LogP contribution in [0.15, 0.2) is 23.1 Å². The molecule has 0 bridgehead atoms. The maximum atomic E-state index is 12.8. The number of hydrogen-bond donors (Lipinski definition) is 0. The van der Waals surface area contributed by atoms with Gasteiger partial charge in [-0.1, -0.05) is 19.1 Å². The third kappa shape index (κ3) is 3.17. The molecule has 0 saturated carbocycles. The third-order valence-electron chi connectivity index (χ3n) is 3.75.